The maximum Gasteiger partial charge on any atom is 0.256 e. The first kappa shape index (κ1) is 15.8. The van der Waals surface area contributed by atoms with Crippen LogP contribution in [-0.4, -0.2) is 15.7 Å². The van der Waals surface area contributed by atoms with Gasteiger partial charge in [0.2, 0.25) is 0 Å². The summed E-state index contributed by atoms with van der Waals surface area (Å²) >= 11 is 6.15. The molecule has 1 amide bonds. The van der Waals surface area contributed by atoms with E-state index in [2.05, 4.69) is 10.4 Å². The van der Waals surface area contributed by atoms with E-state index in [0.29, 0.717) is 28.5 Å². The summed E-state index contributed by atoms with van der Waals surface area (Å²) in [5.41, 5.74) is 1.88. The largest absolute Gasteiger partial charge is 0.304 e. The van der Waals surface area contributed by atoms with Crippen LogP contribution in [0.4, 0.5) is 5.82 Å². The molecule has 3 aromatic rings. The zero-order chi connectivity index (χ0) is 16.9. The van der Waals surface area contributed by atoms with Crippen LogP contribution in [-0.2, 0) is 6.54 Å². The molecule has 24 heavy (non-hydrogen) atoms. The Kier molecular flexibility index (Phi) is 4.59. The second kappa shape index (κ2) is 6.99. The van der Waals surface area contributed by atoms with E-state index in [1.807, 2.05) is 36.4 Å². The number of nitrogens with zero attached hydrogens (tertiary/aromatic N) is 3. The highest BCUT2D eigenvalue weighted by atomic mass is 35.5. The number of rotatable bonds is 4. The third-order valence-corrected chi connectivity index (χ3v) is 3.67. The molecule has 2 aromatic carbocycles. The van der Waals surface area contributed by atoms with Crippen LogP contribution in [0.5, 0.6) is 0 Å². The summed E-state index contributed by atoms with van der Waals surface area (Å²) in [5.74, 6) is -0.0704. The second-order valence-electron chi connectivity index (χ2n) is 5.16. The average Bonchev–Trinajstić information content (AvgIpc) is 2.95. The molecule has 0 bridgehead atoms. The molecule has 0 unspecified atom stereocenters. The van der Waals surface area contributed by atoms with Crippen molar-refractivity contribution in [3.05, 3.63) is 82.5 Å². The van der Waals surface area contributed by atoms with Crippen molar-refractivity contribution in [3.8, 4) is 6.07 Å². The Bertz CT molecular complexity index is 912. The van der Waals surface area contributed by atoms with Gasteiger partial charge in [0.1, 0.15) is 5.02 Å². The summed E-state index contributed by atoms with van der Waals surface area (Å²) in [6.45, 7) is 0.556. The van der Waals surface area contributed by atoms with Crippen LogP contribution < -0.4 is 5.32 Å². The number of aromatic nitrogens is 2. The van der Waals surface area contributed by atoms with Crippen molar-refractivity contribution in [1.82, 2.24) is 9.78 Å². The number of nitrogens with one attached hydrogen (secondary N) is 1. The van der Waals surface area contributed by atoms with Crippen molar-refractivity contribution in [3.63, 3.8) is 0 Å². The molecule has 3 rings (SSSR count). The molecule has 0 aliphatic carbocycles. The highest BCUT2D eigenvalue weighted by molar-refractivity contribution is 6.33. The maximum absolute atomic E-state index is 12.3. The molecule has 5 nitrogen and oxygen atoms in total. The third-order valence-electron chi connectivity index (χ3n) is 3.39. The van der Waals surface area contributed by atoms with Gasteiger partial charge in [-0.25, -0.2) is 0 Å². The molecule has 0 radical (unpaired) electrons. The number of amides is 1. The zero-order valence-electron chi connectivity index (χ0n) is 12.6. The van der Waals surface area contributed by atoms with E-state index in [0.717, 1.165) is 5.56 Å². The van der Waals surface area contributed by atoms with Crippen molar-refractivity contribution in [2.45, 2.75) is 6.54 Å². The Balaban J connectivity index is 1.75. The molecule has 118 valence electrons. The van der Waals surface area contributed by atoms with E-state index in [1.165, 1.54) is 6.07 Å². The lowest BCUT2D eigenvalue weighted by Crippen LogP contribution is -2.13. The summed E-state index contributed by atoms with van der Waals surface area (Å²) < 4.78 is 1.67. The lowest BCUT2D eigenvalue weighted by atomic mass is 10.1. The number of anilines is 1. The summed E-state index contributed by atoms with van der Waals surface area (Å²) in [7, 11) is 0. The van der Waals surface area contributed by atoms with Crippen molar-refractivity contribution in [2.24, 2.45) is 0 Å². The summed E-state index contributed by atoms with van der Waals surface area (Å²) in [6.07, 6.45) is 1.66. The minimum Gasteiger partial charge on any atom is -0.304 e. The highest BCUT2D eigenvalue weighted by Crippen LogP contribution is 2.21. The molecule has 1 aromatic heterocycles. The molecule has 6 heteroatoms. The van der Waals surface area contributed by atoms with Gasteiger partial charge in [0.25, 0.3) is 5.91 Å². The SMILES string of the molecule is N#Cc1cccc(C(=O)Nc2nn(Cc3ccccc3)cc2Cl)c1. The van der Waals surface area contributed by atoms with E-state index in [4.69, 9.17) is 16.9 Å². The fourth-order valence-corrected chi connectivity index (χ4v) is 2.44. The van der Waals surface area contributed by atoms with Gasteiger partial charge < -0.3 is 5.32 Å². The van der Waals surface area contributed by atoms with E-state index in [-0.39, 0.29) is 5.91 Å². The molecule has 0 saturated carbocycles. The van der Waals surface area contributed by atoms with Gasteiger partial charge in [-0.3, -0.25) is 9.48 Å². The Morgan fingerprint density at radius 2 is 2.00 bits per heavy atom. The van der Waals surface area contributed by atoms with Gasteiger partial charge in [-0.05, 0) is 23.8 Å². The van der Waals surface area contributed by atoms with Crippen LogP contribution in [0.15, 0.2) is 60.8 Å². The number of carbonyl (C=O) groups excluding carboxylic acids is 1. The molecule has 1 heterocycles. The fraction of sp³-hybridized carbons (Fsp3) is 0.0556. The minimum absolute atomic E-state index is 0.292. The molecule has 0 aliphatic rings. The van der Waals surface area contributed by atoms with Gasteiger partial charge in [0.15, 0.2) is 5.82 Å². The fourth-order valence-electron chi connectivity index (χ4n) is 2.24. The first-order chi connectivity index (χ1) is 11.7. The number of hydrogen-bond acceptors (Lipinski definition) is 3. The van der Waals surface area contributed by atoms with Crippen molar-refractivity contribution < 1.29 is 4.79 Å². The molecular formula is C18H13ClN4O. The van der Waals surface area contributed by atoms with Crippen LogP contribution >= 0.6 is 11.6 Å². The summed E-state index contributed by atoms with van der Waals surface area (Å²) in [5, 5.41) is 16.2. The Morgan fingerprint density at radius 3 is 2.75 bits per heavy atom. The maximum atomic E-state index is 12.3. The Morgan fingerprint density at radius 1 is 1.21 bits per heavy atom. The molecule has 0 aliphatic heterocycles. The second-order valence-corrected chi connectivity index (χ2v) is 5.56. The smallest absolute Gasteiger partial charge is 0.256 e. The molecule has 0 atom stereocenters. The van der Waals surface area contributed by atoms with Crippen molar-refractivity contribution in [2.75, 3.05) is 5.32 Å². The van der Waals surface area contributed by atoms with Gasteiger partial charge >= 0.3 is 0 Å². The molecule has 0 saturated heterocycles. The van der Waals surface area contributed by atoms with Crippen LogP contribution in [0, 0.1) is 11.3 Å². The van der Waals surface area contributed by atoms with Crippen LogP contribution in [0.3, 0.4) is 0 Å². The Hall–Kier alpha value is -3.10. The Labute approximate surface area is 144 Å². The standard InChI is InChI=1S/C18H13ClN4O/c19-16-12-23(11-13-5-2-1-3-6-13)22-17(16)21-18(24)15-8-4-7-14(9-15)10-20/h1-9,12H,11H2,(H,21,22,24). The summed E-state index contributed by atoms with van der Waals surface area (Å²) in [4.78, 5) is 12.3. The number of nitriles is 1. The first-order valence-electron chi connectivity index (χ1n) is 7.24. The molecular weight excluding hydrogens is 324 g/mol. The van der Waals surface area contributed by atoms with Crippen LogP contribution in [0.1, 0.15) is 21.5 Å². The third kappa shape index (κ3) is 3.62. The quantitative estimate of drug-likeness (QED) is 0.789. The van der Waals surface area contributed by atoms with Gasteiger partial charge in [-0.15, -0.1) is 0 Å². The van der Waals surface area contributed by atoms with Gasteiger partial charge in [0, 0.05) is 11.8 Å². The predicted molar refractivity (Wildman–Crippen MR) is 91.9 cm³/mol. The first-order valence-corrected chi connectivity index (χ1v) is 7.62. The number of carbonyl (C=O) groups is 1. The van der Waals surface area contributed by atoms with E-state index >= 15 is 0 Å². The van der Waals surface area contributed by atoms with E-state index < -0.39 is 0 Å². The monoisotopic (exact) mass is 336 g/mol. The molecule has 0 fully saturated rings. The van der Waals surface area contributed by atoms with Gasteiger partial charge in [-0.2, -0.15) is 10.4 Å². The average molecular weight is 337 g/mol. The lowest BCUT2D eigenvalue weighted by molar-refractivity contribution is 0.102. The number of halogens is 1. The molecule has 1 N–H and O–H groups in total. The van der Waals surface area contributed by atoms with Crippen LogP contribution in [0.25, 0.3) is 0 Å². The van der Waals surface area contributed by atoms with Crippen molar-refractivity contribution >= 4 is 23.3 Å². The number of hydrogen-bond donors (Lipinski definition) is 1. The normalized spacial score (nSPS) is 10.2. The van der Waals surface area contributed by atoms with Crippen molar-refractivity contribution in [1.29, 1.82) is 5.26 Å². The highest BCUT2D eigenvalue weighted by Gasteiger charge is 2.13. The summed E-state index contributed by atoms with van der Waals surface area (Å²) in [6, 6.07) is 18.3. The molecule has 0 spiro atoms. The van der Waals surface area contributed by atoms with E-state index in [9.17, 15) is 4.79 Å². The predicted octanol–water partition coefficient (Wildman–Crippen LogP) is 3.71. The number of benzene rings is 2. The minimum atomic E-state index is -0.362. The van der Waals surface area contributed by atoms with Crippen LogP contribution in [0.2, 0.25) is 5.02 Å². The van der Waals surface area contributed by atoms with Gasteiger partial charge in [-0.1, -0.05) is 48.0 Å². The van der Waals surface area contributed by atoms with Gasteiger partial charge in [0.05, 0.1) is 18.2 Å². The van der Waals surface area contributed by atoms with E-state index in [1.54, 1.807) is 29.1 Å². The lowest BCUT2D eigenvalue weighted by Gasteiger charge is -2.03. The topological polar surface area (TPSA) is 70.7 Å². The zero-order valence-corrected chi connectivity index (χ0v) is 13.4.